The first kappa shape index (κ1) is 24.4. The summed E-state index contributed by atoms with van der Waals surface area (Å²) in [7, 11) is 0. The number of fused-ring (bicyclic) bond motifs is 5. The zero-order chi connectivity index (χ0) is 23.6. The summed E-state index contributed by atoms with van der Waals surface area (Å²) in [5.41, 5.74) is 0.594. The lowest BCUT2D eigenvalue weighted by Crippen LogP contribution is -2.55. The minimum atomic E-state index is -1.48. The predicted molar refractivity (Wildman–Crippen MR) is 124 cm³/mol. The van der Waals surface area contributed by atoms with E-state index < -0.39 is 23.1 Å². The summed E-state index contributed by atoms with van der Waals surface area (Å²) < 4.78 is 5.25. The average molecular weight is 459 g/mol. The molecule has 1 unspecified atom stereocenters. The van der Waals surface area contributed by atoms with Gasteiger partial charge in [0.1, 0.15) is 5.60 Å². The van der Waals surface area contributed by atoms with E-state index in [0.29, 0.717) is 25.2 Å². The lowest BCUT2D eigenvalue weighted by Gasteiger charge is -2.53. The van der Waals surface area contributed by atoms with E-state index in [2.05, 4.69) is 6.08 Å². The molecule has 0 aromatic heterocycles. The van der Waals surface area contributed by atoms with Gasteiger partial charge in [-0.3, -0.25) is 9.59 Å². The molecule has 0 amide bonds. The number of hydrogen-bond acceptors (Lipinski definition) is 6. The third-order valence-electron chi connectivity index (χ3n) is 8.76. The van der Waals surface area contributed by atoms with Crippen molar-refractivity contribution in [3.8, 4) is 0 Å². The number of carbonyl (C=O) groups excluding carboxylic acids is 2. The van der Waals surface area contributed by atoms with E-state index in [9.17, 15) is 19.8 Å². The number of hydrogen-bond donors (Lipinski definition) is 3. The second kappa shape index (κ2) is 9.85. The van der Waals surface area contributed by atoms with Crippen molar-refractivity contribution >= 4 is 11.8 Å². The Labute approximate surface area is 196 Å². The molecule has 2 saturated carbocycles. The highest BCUT2D eigenvalue weighted by atomic mass is 16.5. The number of aliphatic hydroxyl groups is 3. The van der Waals surface area contributed by atoms with Crippen LogP contribution in [0.1, 0.15) is 71.1 Å². The lowest BCUT2D eigenvalue weighted by atomic mass is 9.53. The molecule has 0 aliphatic heterocycles. The predicted octanol–water partition coefficient (Wildman–Crippen LogP) is 3.40. The van der Waals surface area contributed by atoms with E-state index in [1.165, 1.54) is 11.1 Å². The molecule has 33 heavy (non-hydrogen) atoms. The summed E-state index contributed by atoms with van der Waals surface area (Å²) >= 11 is 0. The van der Waals surface area contributed by atoms with Crippen LogP contribution in [0, 0.1) is 23.2 Å². The smallest absolute Gasteiger partial charge is 0.306 e. The maximum Gasteiger partial charge on any atom is 0.306 e. The summed E-state index contributed by atoms with van der Waals surface area (Å²) in [6, 6.07) is 0. The molecule has 0 spiro atoms. The molecule has 0 bridgehead atoms. The van der Waals surface area contributed by atoms with Gasteiger partial charge in [0.15, 0.2) is 6.61 Å². The topological polar surface area (TPSA) is 104 Å². The number of ketones is 1. The molecule has 6 nitrogen and oxygen atoms in total. The number of allylic oxidation sites excluding steroid dienone is 3. The highest BCUT2D eigenvalue weighted by Crippen LogP contribution is 2.63. The van der Waals surface area contributed by atoms with Gasteiger partial charge in [-0.2, -0.15) is 0 Å². The van der Waals surface area contributed by atoms with Gasteiger partial charge in [-0.1, -0.05) is 42.4 Å². The quantitative estimate of drug-likeness (QED) is 0.263. The SMILES string of the molecule is C[C@]12CC=C3[C@@H]4C(=CC4O)CC[C@H]3[C@@H]1CC[C@]2(O)C(=O)COC(=O)CCC/C=C\CCCO. The summed E-state index contributed by atoms with van der Waals surface area (Å²) in [5, 5.41) is 30.6. The van der Waals surface area contributed by atoms with Crippen LogP contribution in [0.15, 0.2) is 35.5 Å². The van der Waals surface area contributed by atoms with Crippen molar-refractivity contribution in [2.75, 3.05) is 13.2 Å². The molecule has 0 saturated heterocycles. The summed E-state index contributed by atoms with van der Waals surface area (Å²) in [5.74, 6) is -0.151. The van der Waals surface area contributed by atoms with Gasteiger partial charge in [-0.25, -0.2) is 0 Å². The molecule has 0 aromatic carbocycles. The molecular weight excluding hydrogens is 420 g/mol. The van der Waals surface area contributed by atoms with Gasteiger partial charge in [0.25, 0.3) is 0 Å². The molecule has 0 heterocycles. The Hall–Kier alpha value is -1.76. The van der Waals surface area contributed by atoms with E-state index in [1.807, 2.05) is 25.2 Å². The Morgan fingerprint density at radius 3 is 2.70 bits per heavy atom. The van der Waals surface area contributed by atoms with Crippen molar-refractivity contribution in [2.45, 2.75) is 82.8 Å². The van der Waals surface area contributed by atoms with Crippen molar-refractivity contribution in [3.05, 3.63) is 35.5 Å². The third-order valence-corrected chi connectivity index (χ3v) is 8.76. The second-order valence-electron chi connectivity index (χ2n) is 10.5. The molecule has 0 radical (unpaired) electrons. The molecule has 6 heteroatoms. The number of unbranched alkanes of at least 4 members (excludes halogenated alkanes) is 2. The lowest BCUT2D eigenvalue weighted by molar-refractivity contribution is -0.163. The molecule has 3 N–H and O–H groups in total. The Bertz CT molecular complexity index is 857. The fourth-order valence-electron chi connectivity index (χ4n) is 6.78. The monoisotopic (exact) mass is 458 g/mol. The molecule has 4 aliphatic rings. The van der Waals surface area contributed by atoms with Crippen molar-refractivity contribution < 1.29 is 29.6 Å². The van der Waals surface area contributed by atoms with Crippen molar-refractivity contribution in [1.82, 2.24) is 0 Å². The van der Waals surface area contributed by atoms with Gasteiger partial charge in [-0.15, -0.1) is 0 Å². The zero-order valence-corrected chi connectivity index (χ0v) is 19.7. The zero-order valence-electron chi connectivity index (χ0n) is 19.7. The van der Waals surface area contributed by atoms with Crippen molar-refractivity contribution in [3.63, 3.8) is 0 Å². The van der Waals surface area contributed by atoms with Crippen LogP contribution in [0.25, 0.3) is 0 Å². The van der Waals surface area contributed by atoms with Crippen LogP contribution in [0.4, 0.5) is 0 Å². The van der Waals surface area contributed by atoms with Gasteiger partial charge in [0.2, 0.25) is 5.78 Å². The van der Waals surface area contributed by atoms with Crippen LogP contribution in [-0.4, -0.2) is 52.0 Å². The Balaban J connectivity index is 1.31. The first-order valence-electron chi connectivity index (χ1n) is 12.6. The van der Waals surface area contributed by atoms with E-state index in [4.69, 9.17) is 9.84 Å². The first-order chi connectivity index (χ1) is 15.8. The van der Waals surface area contributed by atoms with Crippen LogP contribution in [-0.2, 0) is 14.3 Å². The van der Waals surface area contributed by atoms with Gasteiger partial charge in [0, 0.05) is 24.4 Å². The minimum Gasteiger partial charge on any atom is -0.458 e. The summed E-state index contributed by atoms with van der Waals surface area (Å²) in [6.45, 7) is 1.82. The Morgan fingerprint density at radius 2 is 1.97 bits per heavy atom. The highest BCUT2D eigenvalue weighted by Gasteiger charge is 2.64. The molecule has 4 rings (SSSR count). The Morgan fingerprint density at radius 1 is 1.21 bits per heavy atom. The van der Waals surface area contributed by atoms with Crippen molar-refractivity contribution in [2.24, 2.45) is 23.2 Å². The molecule has 182 valence electrons. The third kappa shape index (κ3) is 4.38. The summed E-state index contributed by atoms with van der Waals surface area (Å²) in [4.78, 5) is 25.2. The average Bonchev–Trinajstić information content (AvgIpc) is 3.07. The maximum absolute atomic E-state index is 13.1. The number of ether oxygens (including phenoxy) is 1. The van der Waals surface area contributed by atoms with E-state index >= 15 is 0 Å². The number of Topliss-reactive ketones (excluding diaryl/α,β-unsaturated/α-hetero) is 1. The largest absolute Gasteiger partial charge is 0.458 e. The van der Waals surface area contributed by atoms with E-state index in [1.54, 1.807) is 0 Å². The second-order valence-corrected chi connectivity index (χ2v) is 10.5. The maximum atomic E-state index is 13.1. The molecule has 2 fully saturated rings. The van der Waals surface area contributed by atoms with E-state index in [0.717, 1.165) is 38.5 Å². The van der Waals surface area contributed by atoms with Gasteiger partial charge in [-0.05, 0) is 69.6 Å². The first-order valence-corrected chi connectivity index (χ1v) is 12.6. The van der Waals surface area contributed by atoms with Gasteiger partial charge in [0.05, 0.1) is 6.10 Å². The van der Waals surface area contributed by atoms with Crippen molar-refractivity contribution in [1.29, 1.82) is 0 Å². The fraction of sp³-hybridized carbons (Fsp3) is 0.704. The van der Waals surface area contributed by atoms with Crippen LogP contribution >= 0.6 is 0 Å². The van der Waals surface area contributed by atoms with Crippen LogP contribution in [0.5, 0.6) is 0 Å². The molecular formula is C27H38O6. The van der Waals surface area contributed by atoms with Crippen LogP contribution in [0.2, 0.25) is 0 Å². The fourth-order valence-corrected chi connectivity index (χ4v) is 6.78. The molecule has 6 atom stereocenters. The highest BCUT2D eigenvalue weighted by molar-refractivity contribution is 5.91. The number of esters is 1. The number of aliphatic hydroxyl groups excluding tert-OH is 2. The Kier molecular flexibility index (Phi) is 7.27. The summed E-state index contributed by atoms with van der Waals surface area (Å²) in [6.07, 6.45) is 14.7. The number of rotatable bonds is 10. The molecule has 0 aromatic rings. The number of carbonyl (C=O) groups is 2. The minimum absolute atomic E-state index is 0.142. The standard InChI is InChI=1S/C27H38O6/c1-26-13-11-20-19(10-9-18-16-22(29)25(18)20)21(26)12-14-27(26,32)23(30)17-33-24(31)8-6-4-2-3-5-7-15-28/h2-3,11,16,19,21-22,25,28-29,32H,4-10,12-15,17H2,1H3/b3-2-/t19-,21+,22?,25+,26+,27+/m1/s1. The van der Waals surface area contributed by atoms with Gasteiger partial charge < -0.3 is 20.1 Å². The van der Waals surface area contributed by atoms with Gasteiger partial charge >= 0.3 is 5.97 Å². The van der Waals surface area contributed by atoms with E-state index in [-0.39, 0.29) is 37.3 Å². The van der Waals surface area contributed by atoms with Crippen LogP contribution in [0.3, 0.4) is 0 Å². The van der Waals surface area contributed by atoms with Crippen LogP contribution < -0.4 is 0 Å². The normalized spacial score (nSPS) is 36.8. The molecule has 4 aliphatic carbocycles.